The van der Waals surface area contributed by atoms with Gasteiger partial charge in [-0.2, -0.15) is 0 Å². The van der Waals surface area contributed by atoms with Crippen molar-refractivity contribution in [2.75, 3.05) is 26.4 Å². The molecule has 0 bridgehead atoms. The molecule has 1 aromatic carbocycles. The lowest BCUT2D eigenvalue weighted by molar-refractivity contribution is -0.143. The first-order chi connectivity index (χ1) is 15.4. The third kappa shape index (κ3) is 7.78. The molecular formula is C23H30BrNO5S2. The van der Waals surface area contributed by atoms with E-state index < -0.39 is 0 Å². The van der Waals surface area contributed by atoms with Gasteiger partial charge in [-0.05, 0) is 66.4 Å². The maximum Gasteiger partial charge on any atom is 0.305 e. The average molecular weight is 545 g/mol. The SMILES string of the molecule is CCCCCOc1c(Br)cc(/C=C2\SC(=S)N(CCCC(=O)OCC)C2=O)cc1OCC. The molecular weight excluding hydrogens is 514 g/mol. The quantitative estimate of drug-likeness (QED) is 0.131. The number of halogens is 1. The van der Waals surface area contributed by atoms with E-state index in [2.05, 4.69) is 22.9 Å². The summed E-state index contributed by atoms with van der Waals surface area (Å²) in [5.41, 5.74) is 0.813. The Morgan fingerprint density at radius 1 is 1.16 bits per heavy atom. The summed E-state index contributed by atoms with van der Waals surface area (Å²) in [5.74, 6) is 0.887. The minimum absolute atomic E-state index is 0.155. The highest BCUT2D eigenvalue weighted by Crippen LogP contribution is 2.39. The predicted octanol–water partition coefficient (Wildman–Crippen LogP) is 5.96. The molecule has 1 heterocycles. The molecule has 32 heavy (non-hydrogen) atoms. The first-order valence-electron chi connectivity index (χ1n) is 10.9. The number of carbonyl (C=O) groups excluding carboxylic acids is 2. The Labute approximate surface area is 208 Å². The third-order valence-electron chi connectivity index (χ3n) is 4.57. The van der Waals surface area contributed by atoms with Gasteiger partial charge < -0.3 is 14.2 Å². The molecule has 0 radical (unpaired) electrons. The molecule has 1 amide bonds. The third-order valence-corrected chi connectivity index (χ3v) is 6.53. The second-order valence-electron chi connectivity index (χ2n) is 7.06. The monoisotopic (exact) mass is 543 g/mol. The number of thioether (sulfide) groups is 1. The van der Waals surface area contributed by atoms with E-state index in [9.17, 15) is 9.59 Å². The summed E-state index contributed by atoms with van der Waals surface area (Å²) in [6.45, 7) is 7.71. The van der Waals surface area contributed by atoms with Crippen molar-refractivity contribution < 1.29 is 23.8 Å². The number of hydrogen-bond donors (Lipinski definition) is 0. The Balaban J connectivity index is 2.12. The van der Waals surface area contributed by atoms with Crippen molar-refractivity contribution in [3.8, 4) is 11.5 Å². The molecule has 0 spiro atoms. The zero-order chi connectivity index (χ0) is 23.5. The highest BCUT2D eigenvalue weighted by Gasteiger charge is 2.31. The van der Waals surface area contributed by atoms with Crippen molar-refractivity contribution >= 4 is 62.2 Å². The fourth-order valence-corrected chi connectivity index (χ4v) is 4.94. The van der Waals surface area contributed by atoms with Crippen LogP contribution in [0.15, 0.2) is 21.5 Å². The van der Waals surface area contributed by atoms with Crippen LogP contribution >= 0.6 is 39.9 Å². The van der Waals surface area contributed by atoms with Crippen LogP contribution in [-0.4, -0.2) is 47.5 Å². The van der Waals surface area contributed by atoms with Gasteiger partial charge in [-0.3, -0.25) is 14.5 Å². The Morgan fingerprint density at radius 3 is 2.62 bits per heavy atom. The van der Waals surface area contributed by atoms with Crippen LogP contribution in [0.3, 0.4) is 0 Å². The predicted molar refractivity (Wildman–Crippen MR) is 136 cm³/mol. The summed E-state index contributed by atoms with van der Waals surface area (Å²) < 4.78 is 17.9. The molecule has 1 aromatic rings. The van der Waals surface area contributed by atoms with E-state index in [1.165, 1.54) is 16.7 Å². The topological polar surface area (TPSA) is 65.1 Å². The molecule has 6 nitrogen and oxygen atoms in total. The number of benzene rings is 1. The Kier molecular flexibility index (Phi) is 11.5. The van der Waals surface area contributed by atoms with Gasteiger partial charge in [0, 0.05) is 13.0 Å². The zero-order valence-corrected chi connectivity index (χ0v) is 22.0. The Hall–Kier alpha value is -1.58. The zero-order valence-electron chi connectivity index (χ0n) is 18.8. The smallest absolute Gasteiger partial charge is 0.305 e. The fourth-order valence-electron chi connectivity index (χ4n) is 3.06. The highest BCUT2D eigenvalue weighted by atomic mass is 79.9. The van der Waals surface area contributed by atoms with Crippen LogP contribution < -0.4 is 9.47 Å². The minimum Gasteiger partial charge on any atom is -0.490 e. The van der Waals surface area contributed by atoms with Gasteiger partial charge in [-0.1, -0.05) is 43.7 Å². The van der Waals surface area contributed by atoms with Gasteiger partial charge in [-0.25, -0.2) is 0 Å². The van der Waals surface area contributed by atoms with Crippen molar-refractivity contribution in [3.05, 3.63) is 27.1 Å². The maximum atomic E-state index is 12.9. The van der Waals surface area contributed by atoms with E-state index in [4.69, 9.17) is 26.4 Å². The van der Waals surface area contributed by atoms with E-state index in [0.717, 1.165) is 29.3 Å². The lowest BCUT2D eigenvalue weighted by atomic mass is 10.1. The number of esters is 1. The average Bonchev–Trinajstić information content (AvgIpc) is 3.00. The van der Waals surface area contributed by atoms with Gasteiger partial charge in [-0.15, -0.1) is 0 Å². The van der Waals surface area contributed by atoms with Crippen molar-refractivity contribution in [1.82, 2.24) is 4.90 Å². The molecule has 1 aliphatic rings. The van der Waals surface area contributed by atoms with Gasteiger partial charge >= 0.3 is 5.97 Å². The standard InChI is InChI=1S/C23H30BrNO5S2/c1-4-7-8-12-30-21-17(24)13-16(14-18(21)28-5-2)15-19-22(27)25(23(31)32-19)11-9-10-20(26)29-6-3/h13-15H,4-12H2,1-3H3/b19-15-. The van der Waals surface area contributed by atoms with Gasteiger partial charge in [0.25, 0.3) is 5.91 Å². The second kappa shape index (κ2) is 13.9. The van der Waals surface area contributed by atoms with Crippen LogP contribution in [0.25, 0.3) is 6.08 Å². The molecule has 1 fully saturated rings. The van der Waals surface area contributed by atoms with Gasteiger partial charge in [0.1, 0.15) is 4.32 Å². The Morgan fingerprint density at radius 2 is 1.94 bits per heavy atom. The molecule has 1 aliphatic heterocycles. The molecule has 9 heteroatoms. The van der Waals surface area contributed by atoms with Crippen LogP contribution in [0, 0.1) is 0 Å². The number of nitrogens with zero attached hydrogens (tertiary/aromatic N) is 1. The van der Waals surface area contributed by atoms with Gasteiger partial charge in [0.15, 0.2) is 11.5 Å². The van der Waals surface area contributed by atoms with E-state index >= 15 is 0 Å². The Bertz CT molecular complexity index is 859. The molecule has 0 N–H and O–H groups in total. The molecule has 2 rings (SSSR count). The van der Waals surface area contributed by atoms with Crippen LogP contribution in [0.1, 0.15) is 58.4 Å². The van der Waals surface area contributed by atoms with E-state index in [1.807, 2.05) is 19.1 Å². The normalized spacial score (nSPS) is 14.9. The van der Waals surface area contributed by atoms with Crippen LogP contribution in [0.5, 0.6) is 11.5 Å². The van der Waals surface area contributed by atoms with E-state index in [1.54, 1.807) is 13.0 Å². The summed E-state index contributed by atoms with van der Waals surface area (Å²) in [6, 6.07) is 3.78. The number of unbranched alkanes of at least 4 members (excludes halogenated alkanes) is 2. The molecule has 0 atom stereocenters. The molecule has 0 saturated carbocycles. The highest BCUT2D eigenvalue weighted by molar-refractivity contribution is 9.10. The largest absolute Gasteiger partial charge is 0.490 e. The number of rotatable bonds is 13. The van der Waals surface area contributed by atoms with E-state index in [-0.39, 0.29) is 18.3 Å². The molecule has 0 aliphatic carbocycles. The number of thiocarbonyl (C=S) groups is 1. The molecule has 0 unspecified atom stereocenters. The summed E-state index contributed by atoms with van der Waals surface area (Å²) in [7, 11) is 0. The molecule has 1 saturated heterocycles. The van der Waals surface area contributed by atoms with Gasteiger partial charge in [0.2, 0.25) is 0 Å². The van der Waals surface area contributed by atoms with Crippen LogP contribution in [0.2, 0.25) is 0 Å². The molecule has 0 aromatic heterocycles. The fraction of sp³-hybridized carbons (Fsp3) is 0.522. The van der Waals surface area contributed by atoms with Gasteiger partial charge in [0.05, 0.1) is 29.2 Å². The van der Waals surface area contributed by atoms with Crippen molar-refractivity contribution in [1.29, 1.82) is 0 Å². The van der Waals surface area contributed by atoms with Crippen LogP contribution in [0.4, 0.5) is 0 Å². The summed E-state index contributed by atoms with van der Waals surface area (Å²) in [4.78, 5) is 26.5. The minimum atomic E-state index is -0.265. The summed E-state index contributed by atoms with van der Waals surface area (Å²) in [6.07, 6.45) is 5.79. The van der Waals surface area contributed by atoms with E-state index in [0.29, 0.717) is 53.5 Å². The van der Waals surface area contributed by atoms with Crippen molar-refractivity contribution in [3.63, 3.8) is 0 Å². The number of amides is 1. The molecule has 176 valence electrons. The first-order valence-corrected chi connectivity index (χ1v) is 12.9. The lowest BCUT2D eigenvalue weighted by Gasteiger charge is -2.15. The maximum absolute atomic E-state index is 12.9. The summed E-state index contributed by atoms with van der Waals surface area (Å²) >= 11 is 10.2. The lowest BCUT2D eigenvalue weighted by Crippen LogP contribution is -2.29. The van der Waals surface area contributed by atoms with Crippen LogP contribution in [-0.2, 0) is 14.3 Å². The number of hydrogen-bond acceptors (Lipinski definition) is 7. The number of ether oxygens (including phenoxy) is 3. The van der Waals surface area contributed by atoms with Crippen molar-refractivity contribution in [2.45, 2.75) is 52.9 Å². The van der Waals surface area contributed by atoms with Crippen molar-refractivity contribution in [2.24, 2.45) is 0 Å². The first kappa shape index (κ1) is 26.7. The number of carbonyl (C=O) groups is 2. The summed E-state index contributed by atoms with van der Waals surface area (Å²) in [5, 5.41) is 0. The second-order valence-corrected chi connectivity index (χ2v) is 9.59.